The van der Waals surface area contributed by atoms with Crippen LogP contribution in [0.3, 0.4) is 0 Å². The van der Waals surface area contributed by atoms with Crippen LogP contribution in [0.1, 0.15) is 12.8 Å². The molecule has 1 aromatic heterocycles. The van der Waals surface area contributed by atoms with E-state index in [-0.39, 0.29) is 18.3 Å². The van der Waals surface area contributed by atoms with Gasteiger partial charge in [-0.2, -0.15) is 0 Å². The van der Waals surface area contributed by atoms with Crippen molar-refractivity contribution in [1.29, 1.82) is 0 Å². The minimum Gasteiger partial charge on any atom is -0.396 e. The van der Waals surface area contributed by atoms with Crippen molar-refractivity contribution in [1.82, 2.24) is 9.88 Å². The summed E-state index contributed by atoms with van der Waals surface area (Å²) in [5.74, 6) is 0.0504. The quantitative estimate of drug-likeness (QED) is 0.921. The highest BCUT2D eigenvalue weighted by molar-refractivity contribution is 7.14. The number of benzene rings is 1. The Morgan fingerprint density at radius 2 is 2.00 bits per heavy atom. The Morgan fingerprint density at radius 3 is 2.67 bits per heavy atom. The number of likely N-dealkylation sites (N-methyl/N-ethyl adjacent to an activating group) is 1. The van der Waals surface area contributed by atoms with E-state index in [9.17, 15) is 9.50 Å². The van der Waals surface area contributed by atoms with Crippen LogP contribution < -0.4 is 4.90 Å². The Balaban J connectivity index is 1.82. The second-order valence-corrected chi connectivity index (χ2v) is 7.51. The summed E-state index contributed by atoms with van der Waals surface area (Å²) in [6.45, 7) is 1.96. The van der Waals surface area contributed by atoms with Crippen molar-refractivity contribution in [3.63, 3.8) is 0 Å². The highest BCUT2D eigenvalue weighted by atomic mass is 32.1. The lowest BCUT2D eigenvalue weighted by molar-refractivity contribution is 0.216. The first-order chi connectivity index (χ1) is 11.6. The molecule has 0 aliphatic carbocycles. The topological polar surface area (TPSA) is 39.6 Å². The van der Waals surface area contributed by atoms with Crippen LogP contribution in [0.4, 0.5) is 9.52 Å². The maximum absolute atomic E-state index is 13.1. The highest BCUT2D eigenvalue weighted by Gasteiger charge is 2.26. The van der Waals surface area contributed by atoms with E-state index in [2.05, 4.69) is 23.9 Å². The van der Waals surface area contributed by atoms with Crippen molar-refractivity contribution in [2.45, 2.75) is 18.9 Å². The third-order valence-corrected chi connectivity index (χ3v) is 5.61. The normalized spacial score (nSPS) is 22.0. The van der Waals surface area contributed by atoms with E-state index in [1.807, 2.05) is 5.38 Å². The minimum absolute atomic E-state index is 0.215. The van der Waals surface area contributed by atoms with Gasteiger partial charge in [-0.05, 0) is 57.1 Å². The Bertz CT molecular complexity index is 659. The van der Waals surface area contributed by atoms with Crippen LogP contribution in [-0.4, -0.2) is 54.8 Å². The highest BCUT2D eigenvalue weighted by Crippen LogP contribution is 2.30. The van der Waals surface area contributed by atoms with Crippen molar-refractivity contribution in [2.24, 2.45) is 5.92 Å². The Labute approximate surface area is 146 Å². The monoisotopic (exact) mass is 349 g/mol. The number of aromatic nitrogens is 1. The molecule has 1 aliphatic rings. The smallest absolute Gasteiger partial charge is 0.185 e. The van der Waals surface area contributed by atoms with Gasteiger partial charge in [0, 0.05) is 36.7 Å². The van der Waals surface area contributed by atoms with E-state index >= 15 is 0 Å². The molecule has 24 heavy (non-hydrogen) atoms. The van der Waals surface area contributed by atoms with Crippen molar-refractivity contribution in [2.75, 3.05) is 38.7 Å². The SMILES string of the molecule is CN(C)[C@@H]1CC[C@H](CO)CN(c2nc(-c3ccc(F)cc3)cs2)C1. The number of aliphatic hydroxyl groups excluding tert-OH is 1. The summed E-state index contributed by atoms with van der Waals surface area (Å²) in [4.78, 5) is 9.30. The molecule has 0 radical (unpaired) electrons. The van der Waals surface area contributed by atoms with Gasteiger partial charge in [0.15, 0.2) is 5.13 Å². The summed E-state index contributed by atoms with van der Waals surface area (Å²) < 4.78 is 13.1. The zero-order chi connectivity index (χ0) is 17.1. The fourth-order valence-corrected chi connectivity index (χ4v) is 4.00. The van der Waals surface area contributed by atoms with Crippen LogP contribution in [-0.2, 0) is 0 Å². The fourth-order valence-electron chi connectivity index (χ4n) is 3.14. The maximum Gasteiger partial charge on any atom is 0.185 e. The summed E-state index contributed by atoms with van der Waals surface area (Å²) in [6.07, 6.45) is 2.12. The number of halogens is 1. The van der Waals surface area contributed by atoms with Gasteiger partial charge in [0.05, 0.1) is 5.69 Å². The zero-order valence-electron chi connectivity index (χ0n) is 14.2. The third kappa shape index (κ3) is 3.94. The molecular formula is C18H24FN3OS. The summed E-state index contributed by atoms with van der Waals surface area (Å²) in [5, 5.41) is 12.6. The minimum atomic E-state index is -0.235. The van der Waals surface area contributed by atoms with Crippen LogP contribution in [0.2, 0.25) is 0 Å². The van der Waals surface area contributed by atoms with Crippen LogP contribution in [0, 0.1) is 11.7 Å². The molecule has 0 unspecified atom stereocenters. The lowest BCUT2D eigenvalue weighted by Gasteiger charge is -2.28. The van der Waals surface area contributed by atoms with Gasteiger partial charge in [0.2, 0.25) is 0 Å². The van der Waals surface area contributed by atoms with Crippen molar-refractivity contribution < 1.29 is 9.50 Å². The van der Waals surface area contributed by atoms with E-state index in [1.165, 1.54) is 12.1 Å². The molecule has 0 bridgehead atoms. The molecule has 4 nitrogen and oxygen atoms in total. The first kappa shape index (κ1) is 17.3. The molecule has 2 aromatic rings. The molecule has 0 spiro atoms. The summed E-state index contributed by atoms with van der Waals surface area (Å²) in [6, 6.07) is 6.90. The van der Waals surface area contributed by atoms with Gasteiger partial charge < -0.3 is 14.9 Å². The number of anilines is 1. The van der Waals surface area contributed by atoms with Gasteiger partial charge in [0.1, 0.15) is 5.82 Å². The molecule has 0 saturated carbocycles. The van der Waals surface area contributed by atoms with Crippen LogP contribution in [0.25, 0.3) is 11.3 Å². The zero-order valence-corrected chi connectivity index (χ0v) is 15.0. The molecule has 0 amide bonds. The van der Waals surface area contributed by atoms with E-state index in [4.69, 9.17) is 4.98 Å². The van der Waals surface area contributed by atoms with E-state index in [0.29, 0.717) is 6.04 Å². The third-order valence-electron chi connectivity index (χ3n) is 4.71. The number of thiazole rings is 1. The van der Waals surface area contributed by atoms with Gasteiger partial charge in [-0.15, -0.1) is 11.3 Å². The Hall–Kier alpha value is -1.50. The van der Waals surface area contributed by atoms with Gasteiger partial charge >= 0.3 is 0 Å². The number of hydrogen-bond donors (Lipinski definition) is 1. The van der Waals surface area contributed by atoms with Gasteiger partial charge in [0.25, 0.3) is 0 Å². The van der Waals surface area contributed by atoms with Gasteiger partial charge in [-0.1, -0.05) is 0 Å². The first-order valence-electron chi connectivity index (χ1n) is 8.30. The first-order valence-corrected chi connectivity index (χ1v) is 9.18. The lowest BCUT2D eigenvalue weighted by Crippen LogP contribution is -2.39. The number of aliphatic hydroxyl groups is 1. The van der Waals surface area contributed by atoms with Crippen molar-refractivity contribution >= 4 is 16.5 Å². The van der Waals surface area contributed by atoms with Gasteiger partial charge in [-0.3, -0.25) is 0 Å². The molecule has 1 saturated heterocycles. The number of nitrogens with zero attached hydrogens (tertiary/aromatic N) is 3. The average Bonchev–Trinajstić information content (AvgIpc) is 2.95. The standard InChI is InChI=1S/C18H24FN3OS/c1-21(2)16-8-3-13(11-23)9-22(10-16)18-20-17(12-24-18)14-4-6-15(19)7-5-14/h4-7,12-13,16,23H,3,8-11H2,1-2H3/t13-,16+/m0/s1. The molecule has 6 heteroatoms. The fraction of sp³-hybridized carbons (Fsp3) is 0.500. The predicted octanol–water partition coefficient (Wildman–Crippen LogP) is 3.09. The number of rotatable bonds is 4. The maximum atomic E-state index is 13.1. The summed E-state index contributed by atoms with van der Waals surface area (Å²) in [7, 11) is 4.21. The molecule has 2 atom stereocenters. The van der Waals surface area contributed by atoms with E-state index in [1.54, 1.807) is 23.5 Å². The molecule has 1 aromatic carbocycles. The van der Waals surface area contributed by atoms with Crippen molar-refractivity contribution in [3.8, 4) is 11.3 Å². The number of hydrogen-bond acceptors (Lipinski definition) is 5. The Kier molecular flexibility index (Phi) is 5.48. The molecule has 130 valence electrons. The molecule has 3 rings (SSSR count). The predicted molar refractivity (Wildman–Crippen MR) is 97.0 cm³/mol. The average molecular weight is 349 g/mol. The van der Waals surface area contributed by atoms with Crippen molar-refractivity contribution in [3.05, 3.63) is 35.5 Å². The molecule has 2 heterocycles. The van der Waals surface area contributed by atoms with E-state index < -0.39 is 0 Å². The van der Waals surface area contributed by atoms with Crippen LogP contribution in [0.5, 0.6) is 0 Å². The molecule has 1 fully saturated rings. The second kappa shape index (κ2) is 7.59. The summed E-state index contributed by atoms with van der Waals surface area (Å²) in [5.41, 5.74) is 1.80. The van der Waals surface area contributed by atoms with Crippen LogP contribution in [0.15, 0.2) is 29.6 Å². The largest absolute Gasteiger partial charge is 0.396 e. The lowest BCUT2D eigenvalue weighted by atomic mass is 10.0. The Morgan fingerprint density at radius 1 is 1.25 bits per heavy atom. The molecule has 1 N–H and O–H groups in total. The summed E-state index contributed by atoms with van der Waals surface area (Å²) >= 11 is 1.61. The van der Waals surface area contributed by atoms with E-state index in [0.717, 1.165) is 42.3 Å². The molecule has 1 aliphatic heterocycles. The van der Waals surface area contributed by atoms with Crippen LogP contribution >= 0.6 is 11.3 Å². The second-order valence-electron chi connectivity index (χ2n) is 6.67. The molecular weight excluding hydrogens is 325 g/mol. The van der Waals surface area contributed by atoms with Gasteiger partial charge in [-0.25, -0.2) is 9.37 Å².